The van der Waals surface area contributed by atoms with Crippen molar-refractivity contribution in [3.05, 3.63) is 93.4 Å². The van der Waals surface area contributed by atoms with Crippen LogP contribution in [0.15, 0.2) is 48.3 Å². The Balaban J connectivity index is 2.21. The van der Waals surface area contributed by atoms with Crippen LogP contribution in [0.5, 0.6) is 5.75 Å². The molecule has 1 amide bonds. The standard InChI is InChI=1S/C30H33F2NO3/c1-16-14-22(34)8-9-23(16)29-28(30(35)33(29)26-12-7-21(31)13-17(26)2)18(3)15-27(36-6)24-10-11-25(32)20(5)19(24)4/h7-14,18,27-29,34H,15H2,1-6H3/t18-,27-,28-,29+/m0/s1/i7D,8D,9D,10D,11D,12D,13D,14D,15D2,18D,27D,28D,29D/hD. The first-order valence-corrected chi connectivity index (χ1v) is 10.8. The molecule has 1 heterocycles. The molecule has 1 aliphatic heterocycles. The zero-order valence-corrected chi connectivity index (χ0v) is 20.4. The second-order valence-electron chi connectivity index (χ2n) is 8.20. The molecule has 0 aromatic heterocycles. The number of methoxy groups -OCH3 is 1. The van der Waals surface area contributed by atoms with Gasteiger partial charge in [-0.15, -0.1) is 0 Å². The Bertz CT molecular complexity index is 1940. The number of phenols is 1. The third kappa shape index (κ3) is 4.50. The van der Waals surface area contributed by atoms with Crippen LogP contribution in [-0.2, 0) is 9.53 Å². The van der Waals surface area contributed by atoms with E-state index in [1.165, 1.54) is 13.8 Å². The van der Waals surface area contributed by atoms with E-state index in [1.54, 1.807) is 0 Å². The maximum absolute atomic E-state index is 14.8. The average Bonchev–Trinajstić information content (AvgIpc) is 3.08. The molecule has 4 atom stereocenters. The zero-order chi connectivity index (χ0) is 39.5. The lowest BCUT2D eigenvalue weighted by molar-refractivity contribution is -0.133. The van der Waals surface area contributed by atoms with Gasteiger partial charge in [-0.1, -0.05) is 19.0 Å². The van der Waals surface area contributed by atoms with E-state index in [4.69, 9.17) is 17.1 Å². The lowest BCUT2D eigenvalue weighted by Gasteiger charge is -2.51. The van der Waals surface area contributed by atoms with Gasteiger partial charge in [0.2, 0.25) is 5.91 Å². The van der Waals surface area contributed by atoms with Crippen molar-refractivity contribution in [1.29, 1.82) is 1.43 Å². The summed E-state index contributed by atoms with van der Waals surface area (Å²) >= 11 is 0. The number of halogens is 2. The Kier molecular flexibility index (Phi) is 3.57. The minimum absolute atomic E-state index is 0.234. The van der Waals surface area contributed by atoms with Crippen molar-refractivity contribution in [3.8, 4) is 5.75 Å². The van der Waals surface area contributed by atoms with Crippen LogP contribution in [0.2, 0.25) is 0 Å². The van der Waals surface area contributed by atoms with Crippen molar-refractivity contribution in [1.82, 2.24) is 0 Å². The summed E-state index contributed by atoms with van der Waals surface area (Å²) < 4.78 is 166. The van der Waals surface area contributed by atoms with E-state index in [-0.39, 0.29) is 16.0 Å². The number of ether oxygens (including phenoxy) is 1. The van der Waals surface area contributed by atoms with Gasteiger partial charge in [0.1, 0.15) is 17.4 Å². The summed E-state index contributed by atoms with van der Waals surface area (Å²) in [5.74, 6) is -12.1. The predicted octanol–water partition coefficient (Wildman–Crippen LogP) is 7.02. The summed E-state index contributed by atoms with van der Waals surface area (Å²) in [5, 5.41) is 4.35. The molecule has 0 saturated carbocycles. The number of carbonyl (C=O) groups is 1. The number of anilines is 1. The van der Waals surface area contributed by atoms with Crippen LogP contribution >= 0.6 is 0 Å². The summed E-state index contributed by atoms with van der Waals surface area (Å²) in [6.07, 6.45) is -7.01. The normalized spacial score (nSPS) is 31.3. The van der Waals surface area contributed by atoms with Crippen molar-refractivity contribution in [3.63, 3.8) is 0 Å². The first kappa shape index (κ1) is 12.8. The number of hydrogen-bond donors (Lipinski definition) is 1. The molecular formula is C30H33F2NO3. The molecule has 1 saturated heterocycles. The van der Waals surface area contributed by atoms with Crippen LogP contribution in [0.3, 0.4) is 0 Å². The number of benzene rings is 3. The summed E-state index contributed by atoms with van der Waals surface area (Å²) in [6, 6.07) is -11.5. The van der Waals surface area contributed by atoms with E-state index in [0.29, 0.717) is 6.92 Å². The van der Waals surface area contributed by atoms with Gasteiger partial charge in [0.25, 0.3) is 1.43 Å². The van der Waals surface area contributed by atoms with Crippen LogP contribution in [0.25, 0.3) is 0 Å². The number of rotatable bonds is 8. The number of β-lactam (4-membered cyclic amide) rings is 1. The summed E-state index contributed by atoms with van der Waals surface area (Å²) in [6.45, 7) is 5.18. The SMILES string of the molecule is [2H]Oc1c([2H])c([2H])c([C@@]2([2H])N(c3c([2H])c([2H])c(F)c([2H])c3C)C(=O)[C@@]2([2H])[C@@]([2H])(C)C([2H])([2H])[C@]([2H])(OC)c2c([2H])c([2H])c(F)c(C)c2C)c(C)c1[2H]. The van der Waals surface area contributed by atoms with Crippen molar-refractivity contribution in [2.75, 3.05) is 12.0 Å². The Morgan fingerprint density at radius 1 is 1.14 bits per heavy atom. The van der Waals surface area contributed by atoms with E-state index in [0.717, 1.165) is 21.0 Å². The molecule has 0 bridgehead atoms. The number of amides is 1. The molecule has 6 heteroatoms. The van der Waals surface area contributed by atoms with E-state index >= 15 is 0 Å². The van der Waals surface area contributed by atoms with E-state index in [1.807, 2.05) is 0 Å². The van der Waals surface area contributed by atoms with E-state index in [2.05, 4.69) is 5.11 Å². The molecule has 36 heavy (non-hydrogen) atoms. The van der Waals surface area contributed by atoms with Gasteiger partial charge in [-0.05, 0) is 110 Å². The minimum Gasteiger partial charge on any atom is -0.508 e. The first-order chi connectivity index (χ1) is 23.2. The Hall–Kier alpha value is -3.25. The van der Waals surface area contributed by atoms with Gasteiger partial charge < -0.3 is 14.7 Å². The van der Waals surface area contributed by atoms with Gasteiger partial charge in [-0.2, -0.15) is 0 Å². The van der Waals surface area contributed by atoms with Gasteiger partial charge in [0.15, 0.2) is 0 Å². The molecule has 4 rings (SSSR count). The highest BCUT2D eigenvalue weighted by Crippen LogP contribution is 2.50. The van der Waals surface area contributed by atoms with E-state index in [9.17, 15) is 21.8 Å². The molecule has 1 aliphatic rings. The van der Waals surface area contributed by atoms with Crippen LogP contribution in [0.1, 0.15) is 78.0 Å². The molecule has 0 spiro atoms. The minimum atomic E-state index is -3.71. The first-order valence-electron chi connectivity index (χ1n) is 18.2. The monoisotopic (exact) mass is 508 g/mol. The zero-order valence-electron chi connectivity index (χ0n) is 35.4. The van der Waals surface area contributed by atoms with Gasteiger partial charge in [-0.3, -0.25) is 4.79 Å². The van der Waals surface area contributed by atoms with Crippen molar-refractivity contribution >= 4 is 11.6 Å². The maximum atomic E-state index is 14.8. The molecule has 3 aromatic rings. The van der Waals surface area contributed by atoms with Gasteiger partial charge in [0, 0.05) is 18.3 Å². The van der Waals surface area contributed by atoms with Gasteiger partial charge in [0.05, 0.1) is 31.7 Å². The second kappa shape index (κ2) is 10.0. The van der Waals surface area contributed by atoms with Crippen LogP contribution < -0.4 is 4.90 Å². The maximum Gasteiger partial charge on any atom is 0.293 e. The number of hydrogen-bond acceptors (Lipinski definition) is 3. The summed E-state index contributed by atoms with van der Waals surface area (Å²) in [7, 11) is 0.797. The smallest absolute Gasteiger partial charge is 0.293 e. The third-order valence-corrected chi connectivity index (χ3v) is 5.93. The topological polar surface area (TPSA) is 49.8 Å². The molecule has 4 nitrogen and oxygen atoms in total. The predicted molar refractivity (Wildman–Crippen MR) is 137 cm³/mol. The fraction of sp³-hybridized carbons (Fsp3) is 0.367. The lowest BCUT2D eigenvalue weighted by Crippen LogP contribution is -2.58. The molecule has 1 N–H and O–H groups in total. The molecule has 0 radical (unpaired) electrons. The molecule has 190 valence electrons. The number of carbonyl (C=O) groups excluding carboxylic acids is 1. The van der Waals surface area contributed by atoms with Crippen LogP contribution in [0, 0.1) is 51.1 Å². The van der Waals surface area contributed by atoms with Gasteiger partial charge in [-0.25, -0.2) is 8.78 Å². The molecule has 0 aliphatic carbocycles. The highest BCUT2D eigenvalue weighted by molar-refractivity contribution is 6.04. The van der Waals surface area contributed by atoms with Crippen molar-refractivity contribution in [2.24, 2.45) is 11.8 Å². The van der Waals surface area contributed by atoms with E-state index < -0.39 is 130 Å². The molecule has 1 fully saturated rings. The van der Waals surface area contributed by atoms with Crippen molar-refractivity contribution < 1.29 is 42.6 Å². The lowest BCUT2D eigenvalue weighted by atomic mass is 9.71. The fourth-order valence-electron chi connectivity index (χ4n) is 3.89. The number of aromatic hydroxyl groups is 1. The molecule has 3 aromatic carbocycles. The summed E-state index contributed by atoms with van der Waals surface area (Å²) in [5.41, 5.74) is -3.88. The third-order valence-electron chi connectivity index (χ3n) is 5.93. The van der Waals surface area contributed by atoms with Crippen molar-refractivity contribution in [2.45, 2.75) is 53.1 Å². The molecule has 0 unspecified atom stereocenters. The second-order valence-corrected chi connectivity index (χ2v) is 8.20. The van der Waals surface area contributed by atoms with Crippen LogP contribution in [-0.4, -0.2) is 19.6 Å². The van der Waals surface area contributed by atoms with Crippen LogP contribution in [0.4, 0.5) is 14.5 Å². The fourth-order valence-corrected chi connectivity index (χ4v) is 3.89. The summed E-state index contributed by atoms with van der Waals surface area (Å²) in [4.78, 5) is 14.8. The average molecular weight is 509 g/mol. The largest absolute Gasteiger partial charge is 0.508 e. The molecular weight excluding hydrogens is 460 g/mol. The highest BCUT2D eigenvalue weighted by atomic mass is 19.1. The van der Waals surface area contributed by atoms with Gasteiger partial charge >= 0.3 is 0 Å². The Labute approximate surface area is 232 Å². The quantitative estimate of drug-likeness (QED) is 0.333. The Morgan fingerprint density at radius 3 is 2.58 bits per heavy atom. The Morgan fingerprint density at radius 2 is 1.89 bits per heavy atom. The highest BCUT2D eigenvalue weighted by Gasteiger charge is 2.52. The number of phenolic OH excluding ortho intramolecular Hbond substituents is 1. The number of nitrogens with zero attached hydrogens (tertiary/aromatic N) is 1.